The Morgan fingerprint density at radius 1 is 1.29 bits per heavy atom. The number of nitrogens with one attached hydrogen (secondary N) is 1. The second-order valence-corrected chi connectivity index (χ2v) is 7.65. The molecule has 0 fully saturated rings. The number of nitrogens with zero attached hydrogens (tertiary/aromatic N) is 1. The van der Waals surface area contributed by atoms with E-state index < -0.39 is 15.8 Å². The van der Waals surface area contributed by atoms with Crippen LogP contribution in [0.25, 0.3) is 0 Å². The molecule has 0 unspecified atom stereocenters. The van der Waals surface area contributed by atoms with Crippen molar-refractivity contribution >= 4 is 53.4 Å². The summed E-state index contributed by atoms with van der Waals surface area (Å²) < 4.78 is 41.2. The Morgan fingerprint density at radius 2 is 1.95 bits per heavy atom. The Bertz CT molecular complexity index is 812. The largest absolute Gasteiger partial charge is 0.396 e. The van der Waals surface area contributed by atoms with Crippen molar-refractivity contribution in [2.75, 3.05) is 10.5 Å². The molecule has 9 heteroatoms. The summed E-state index contributed by atoms with van der Waals surface area (Å²) in [5.41, 5.74) is 5.81. The van der Waals surface area contributed by atoms with Crippen molar-refractivity contribution in [3.05, 3.63) is 44.7 Å². The fourth-order valence-corrected chi connectivity index (χ4v) is 4.16. The zero-order valence-corrected chi connectivity index (χ0v) is 14.7. The first-order chi connectivity index (χ1) is 9.70. The minimum atomic E-state index is -3.94. The van der Waals surface area contributed by atoms with Crippen LogP contribution < -0.4 is 10.5 Å². The number of hydrogen-bond donors (Lipinski definition) is 2. The molecule has 1 aromatic heterocycles. The third-order valence-electron chi connectivity index (χ3n) is 2.62. The maximum absolute atomic E-state index is 13.3. The van der Waals surface area contributed by atoms with Gasteiger partial charge < -0.3 is 5.73 Å². The summed E-state index contributed by atoms with van der Waals surface area (Å²) in [5.74, 6) is -0.508. The Morgan fingerprint density at radius 3 is 2.57 bits per heavy atom. The van der Waals surface area contributed by atoms with E-state index in [1.807, 2.05) is 0 Å². The van der Waals surface area contributed by atoms with Crippen LogP contribution in [0, 0.1) is 12.7 Å². The molecule has 21 heavy (non-hydrogen) atoms. The molecule has 0 aliphatic carbocycles. The minimum absolute atomic E-state index is 0.0801. The monoisotopic (exact) mass is 437 g/mol. The molecule has 0 atom stereocenters. The van der Waals surface area contributed by atoms with Gasteiger partial charge in [-0.3, -0.25) is 4.72 Å². The second kappa shape index (κ2) is 5.90. The summed E-state index contributed by atoms with van der Waals surface area (Å²) in [6, 6.07) is 3.78. The lowest BCUT2D eigenvalue weighted by Gasteiger charge is -2.12. The van der Waals surface area contributed by atoms with Gasteiger partial charge in [0.25, 0.3) is 10.0 Å². The van der Waals surface area contributed by atoms with E-state index in [9.17, 15) is 12.8 Å². The number of pyridine rings is 1. The van der Waals surface area contributed by atoms with Crippen LogP contribution in [0.1, 0.15) is 5.56 Å². The Labute approximate surface area is 138 Å². The zero-order chi connectivity index (χ0) is 15.8. The van der Waals surface area contributed by atoms with Gasteiger partial charge in [-0.15, -0.1) is 0 Å². The standard InChI is InChI=1S/C12H10Br2FN3O2S/c1-6-2-7(13)5-17-12(6)18-21(19,20)11-4-10(16)9(15)3-8(11)14/h2-5H,16H2,1H3,(H,17,18). The molecule has 0 aliphatic heterocycles. The third kappa shape index (κ3) is 3.53. The summed E-state index contributed by atoms with van der Waals surface area (Å²) in [4.78, 5) is 3.84. The summed E-state index contributed by atoms with van der Waals surface area (Å²) in [6.45, 7) is 1.71. The van der Waals surface area contributed by atoms with Crippen LogP contribution in [0.3, 0.4) is 0 Å². The highest BCUT2D eigenvalue weighted by molar-refractivity contribution is 9.10. The van der Waals surface area contributed by atoms with Gasteiger partial charge in [-0.25, -0.2) is 17.8 Å². The van der Waals surface area contributed by atoms with Crippen LogP contribution in [0.5, 0.6) is 0 Å². The van der Waals surface area contributed by atoms with Gasteiger partial charge >= 0.3 is 0 Å². The van der Waals surface area contributed by atoms with Crippen LogP contribution in [-0.4, -0.2) is 13.4 Å². The first-order valence-electron chi connectivity index (χ1n) is 5.60. The lowest BCUT2D eigenvalue weighted by atomic mass is 10.3. The molecule has 2 rings (SSSR count). The smallest absolute Gasteiger partial charge is 0.264 e. The SMILES string of the molecule is Cc1cc(Br)cnc1NS(=O)(=O)c1cc(N)c(F)cc1Br. The van der Waals surface area contributed by atoms with Crippen molar-refractivity contribution < 1.29 is 12.8 Å². The summed E-state index contributed by atoms with van der Waals surface area (Å²) in [7, 11) is -3.94. The number of halogens is 3. The van der Waals surface area contributed by atoms with E-state index in [1.54, 1.807) is 13.0 Å². The number of benzene rings is 1. The fraction of sp³-hybridized carbons (Fsp3) is 0.0833. The van der Waals surface area contributed by atoms with E-state index in [-0.39, 0.29) is 20.9 Å². The fourth-order valence-electron chi connectivity index (χ4n) is 1.58. The third-order valence-corrected chi connectivity index (χ3v) is 5.35. The Kier molecular flexibility index (Phi) is 4.54. The molecule has 2 aromatic rings. The van der Waals surface area contributed by atoms with Gasteiger partial charge in [-0.2, -0.15) is 0 Å². The highest BCUT2D eigenvalue weighted by Gasteiger charge is 2.21. The van der Waals surface area contributed by atoms with Gasteiger partial charge in [0, 0.05) is 15.1 Å². The Hall–Kier alpha value is -1.19. The van der Waals surface area contributed by atoms with Gasteiger partial charge in [0.1, 0.15) is 16.5 Å². The van der Waals surface area contributed by atoms with Crippen LogP contribution >= 0.6 is 31.9 Å². The molecule has 3 N–H and O–H groups in total. The van der Waals surface area contributed by atoms with E-state index in [1.165, 1.54) is 6.20 Å². The molecular weight excluding hydrogens is 429 g/mol. The number of nitrogens with two attached hydrogens (primary N) is 1. The van der Waals surface area contributed by atoms with Crippen molar-refractivity contribution in [1.29, 1.82) is 0 Å². The van der Waals surface area contributed by atoms with Crippen molar-refractivity contribution in [2.24, 2.45) is 0 Å². The predicted octanol–water partition coefficient (Wildman–Crippen LogP) is 3.44. The van der Waals surface area contributed by atoms with Crippen molar-refractivity contribution in [1.82, 2.24) is 4.98 Å². The molecular formula is C12H10Br2FN3O2S. The predicted molar refractivity (Wildman–Crippen MR) is 86.0 cm³/mol. The van der Waals surface area contributed by atoms with Crippen LogP contribution in [0.15, 0.2) is 38.2 Å². The first-order valence-corrected chi connectivity index (χ1v) is 8.67. The highest BCUT2D eigenvalue weighted by atomic mass is 79.9. The van der Waals surface area contributed by atoms with Gasteiger partial charge in [0.15, 0.2) is 0 Å². The molecule has 112 valence electrons. The second-order valence-electron chi connectivity index (χ2n) is 4.23. The quantitative estimate of drug-likeness (QED) is 0.718. The van der Waals surface area contributed by atoms with E-state index in [4.69, 9.17) is 5.73 Å². The Balaban J connectivity index is 2.46. The number of hydrogen-bond acceptors (Lipinski definition) is 4. The van der Waals surface area contributed by atoms with Gasteiger partial charge in [0.2, 0.25) is 0 Å². The number of anilines is 2. The number of aryl methyl sites for hydroxylation is 1. The number of aromatic nitrogens is 1. The van der Waals surface area contributed by atoms with Gasteiger partial charge in [0.05, 0.1) is 5.69 Å². The molecule has 0 amide bonds. The average Bonchev–Trinajstić information content (AvgIpc) is 2.37. The minimum Gasteiger partial charge on any atom is -0.396 e. The molecule has 1 heterocycles. The van der Waals surface area contributed by atoms with Crippen LogP contribution in [0.2, 0.25) is 0 Å². The normalized spacial score (nSPS) is 11.4. The number of nitrogen functional groups attached to an aromatic ring is 1. The molecule has 1 aromatic carbocycles. The lowest BCUT2D eigenvalue weighted by Crippen LogP contribution is -2.16. The van der Waals surface area contributed by atoms with E-state index in [0.29, 0.717) is 5.56 Å². The van der Waals surface area contributed by atoms with Crippen molar-refractivity contribution in [2.45, 2.75) is 11.8 Å². The van der Waals surface area contributed by atoms with Crippen molar-refractivity contribution in [3.8, 4) is 0 Å². The first kappa shape index (κ1) is 16.2. The zero-order valence-electron chi connectivity index (χ0n) is 10.7. The molecule has 0 bridgehead atoms. The van der Waals surface area contributed by atoms with Crippen molar-refractivity contribution in [3.63, 3.8) is 0 Å². The van der Waals surface area contributed by atoms with Gasteiger partial charge in [-0.05, 0) is 62.5 Å². The van der Waals surface area contributed by atoms with Crippen LogP contribution in [-0.2, 0) is 10.0 Å². The number of rotatable bonds is 3. The molecule has 0 spiro atoms. The molecule has 0 radical (unpaired) electrons. The summed E-state index contributed by atoms with van der Waals surface area (Å²) in [5, 5.41) is 0. The van der Waals surface area contributed by atoms with Crippen LogP contribution in [0.4, 0.5) is 15.9 Å². The van der Waals surface area contributed by atoms with E-state index in [2.05, 4.69) is 41.6 Å². The highest BCUT2D eigenvalue weighted by Crippen LogP contribution is 2.28. The molecule has 0 saturated heterocycles. The maximum atomic E-state index is 13.3. The van der Waals surface area contributed by atoms with Gasteiger partial charge in [-0.1, -0.05) is 0 Å². The maximum Gasteiger partial charge on any atom is 0.264 e. The average molecular weight is 439 g/mol. The van der Waals surface area contributed by atoms with E-state index in [0.717, 1.165) is 16.6 Å². The number of sulfonamides is 1. The molecule has 0 saturated carbocycles. The van der Waals surface area contributed by atoms with E-state index >= 15 is 0 Å². The topological polar surface area (TPSA) is 85.1 Å². The molecule has 5 nitrogen and oxygen atoms in total. The summed E-state index contributed by atoms with van der Waals surface area (Å²) >= 11 is 6.26. The lowest BCUT2D eigenvalue weighted by molar-refractivity contribution is 0.599. The summed E-state index contributed by atoms with van der Waals surface area (Å²) in [6.07, 6.45) is 1.47. The molecule has 0 aliphatic rings.